The van der Waals surface area contributed by atoms with Crippen LogP contribution < -0.4 is 5.56 Å². The molecular weight excluding hydrogens is 342 g/mol. The maximum atomic E-state index is 11.7. The molecule has 0 unspecified atom stereocenters. The molecule has 0 aliphatic carbocycles. The molecule has 8 nitrogen and oxygen atoms in total. The van der Waals surface area contributed by atoms with E-state index in [1.54, 1.807) is 15.4 Å². The number of fused-ring (bicyclic) bond motifs is 2. The SMILES string of the molecule is Cc1ccn(-c2nc3[nH]c(=O)ccc3cc2-c2ccc3nnn(C)c3c2)n1. The van der Waals surface area contributed by atoms with Gasteiger partial charge in [0.25, 0.3) is 0 Å². The van der Waals surface area contributed by atoms with E-state index in [0.717, 1.165) is 33.2 Å². The van der Waals surface area contributed by atoms with Gasteiger partial charge in [0.2, 0.25) is 5.56 Å². The minimum absolute atomic E-state index is 0.187. The Labute approximate surface area is 153 Å². The van der Waals surface area contributed by atoms with Crippen molar-refractivity contribution in [1.82, 2.24) is 34.7 Å². The van der Waals surface area contributed by atoms with Crippen LogP contribution >= 0.6 is 0 Å². The molecule has 1 aromatic carbocycles. The second-order valence-corrected chi connectivity index (χ2v) is 6.44. The molecule has 8 heteroatoms. The summed E-state index contributed by atoms with van der Waals surface area (Å²) in [7, 11) is 1.86. The summed E-state index contributed by atoms with van der Waals surface area (Å²) in [4.78, 5) is 19.2. The van der Waals surface area contributed by atoms with Gasteiger partial charge in [0.15, 0.2) is 5.82 Å². The zero-order valence-electron chi connectivity index (χ0n) is 14.7. The van der Waals surface area contributed by atoms with Gasteiger partial charge in [0.05, 0.1) is 11.2 Å². The first-order chi connectivity index (χ1) is 13.1. The number of benzene rings is 1. The Kier molecular flexibility index (Phi) is 3.20. The van der Waals surface area contributed by atoms with Gasteiger partial charge in [0.1, 0.15) is 11.2 Å². The van der Waals surface area contributed by atoms with Gasteiger partial charge in [-0.1, -0.05) is 11.3 Å². The summed E-state index contributed by atoms with van der Waals surface area (Å²) >= 11 is 0. The Hall–Kier alpha value is -3.81. The fourth-order valence-electron chi connectivity index (χ4n) is 3.19. The molecule has 1 N–H and O–H groups in total. The number of aromatic amines is 1. The van der Waals surface area contributed by atoms with E-state index < -0.39 is 0 Å². The van der Waals surface area contributed by atoms with Gasteiger partial charge in [-0.2, -0.15) is 5.10 Å². The third kappa shape index (κ3) is 2.50. The summed E-state index contributed by atoms with van der Waals surface area (Å²) < 4.78 is 3.46. The van der Waals surface area contributed by atoms with Crippen LogP contribution in [0, 0.1) is 6.92 Å². The highest BCUT2D eigenvalue weighted by Crippen LogP contribution is 2.30. The van der Waals surface area contributed by atoms with E-state index in [-0.39, 0.29) is 5.56 Å². The fraction of sp³-hybridized carbons (Fsp3) is 0.105. The van der Waals surface area contributed by atoms with Gasteiger partial charge in [-0.3, -0.25) is 4.79 Å². The third-order valence-corrected chi connectivity index (χ3v) is 4.55. The number of H-pyrrole nitrogens is 1. The van der Waals surface area contributed by atoms with Crippen molar-refractivity contribution in [3.05, 3.63) is 64.7 Å². The topological polar surface area (TPSA) is 94.3 Å². The van der Waals surface area contributed by atoms with Crippen molar-refractivity contribution in [2.75, 3.05) is 0 Å². The van der Waals surface area contributed by atoms with Gasteiger partial charge in [-0.25, -0.2) is 14.3 Å². The van der Waals surface area contributed by atoms with Crippen LogP contribution in [0.2, 0.25) is 0 Å². The van der Waals surface area contributed by atoms with Crippen LogP contribution in [-0.2, 0) is 7.05 Å². The molecule has 0 aliphatic rings. The average Bonchev–Trinajstić information content (AvgIpc) is 3.26. The number of hydrogen-bond donors (Lipinski definition) is 1. The van der Waals surface area contributed by atoms with E-state index in [0.29, 0.717) is 11.5 Å². The van der Waals surface area contributed by atoms with Gasteiger partial charge in [-0.15, -0.1) is 5.10 Å². The van der Waals surface area contributed by atoms with Crippen LogP contribution in [0.1, 0.15) is 5.69 Å². The first kappa shape index (κ1) is 15.4. The maximum absolute atomic E-state index is 11.7. The number of nitrogens with one attached hydrogen (secondary N) is 1. The minimum atomic E-state index is -0.187. The largest absolute Gasteiger partial charge is 0.307 e. The molecule has 27 heavy (non-hydrogen) atoms. The highest BCUT2D eigenvalue weighted by Gasteiger charge is 2.14. The molecule has 5 rings (SSSR count). The lowest BCUT2D eigenvalue weighted by atomic mass is 10.0. The first-order valence-corrected chi connectivity index (χ1v) is 8.45. The van der Waals surface area contributed by atoms with E-state index in [1.165, 1.54) is 6.07 Å². The Balaban J connectivity index is 1.84. The van der Waals surface area contributed by atoms with Crippen LogP contribution in [0.15, 0.2) is 53.5 Å². The van der Waals surface area contributed by atoms with Gasteiger partial charge in [-0.05, 0) is 42.8 Å². The normalized spacial score (nSPS) is 11.5. The van der Waals surface area contributed by atoms with Crippen LogP contribution in [0.4, 0.5) is 0 Å². The Bertz CT molecular complexity index is 1380. The standard InChI is InChI=1S/C19H15N7O/c1-11-7-8-26(23-11)19-14(9-13-4-6-17(27)20-18(13)21-19)12-3-5-15-16(10-12)25(2)24-22-15/h3-10H,1-2H3,(H,20,21,27). The Morgan fingerprint density at radius 1 is 1.07 bits per heavy atom. The predicted octanol–water partition coefficient (Wildman–Crippen LogP) is 2.37. The molecular formula is C19H15N7O. The Morgan fingerprint density at radius 3 is 2.78 bits per heavy atom. The number of aromatic nitrogens is 7. The van der Waals surface area contributed by atoms with Crippen molar-refractivity contribution in [1.29, 1.82) is 0 Å². The van der Waals surface area contributed by atoms with Crippen LogP contribution in [-0.4, -0.2) is 34.7 Å². The average molecular weight is 357 g/mol. The highest BCUT2D eigenvalue weighted by atomic mass is 16.1. The molecule has 0 saturated heterocycles. The number of aryl methyl sites for hydroxylation is 2. The molecule has 0 bridgehead atoms. The van der Waals surface area contributed by atoms with Crippen molar-refractivity contribution in [2.24, 2.45) is 7.05 Å². The number of nitrogens with zero attached hydrogens (tertiary/aromatic N) is 6. The molecule has 4 heterocycles. The van der Waals surface area contributed by atoms with Crippen molar-refractivity contribution >= 4 is 22.1 Å². The zero-order valence-corrected chi connectivity index (χ0v) is 14.7. The minimum Gasteiger partial charge on any atom is -0.307 e. The van der Waals surface area contributed by atoms with E-state index in [1.807, 2.05) is 50.5 Å². The van der Waals surface area contributed by atoms with Crippen molar-refractivity contribution in [2.45, 2.75) is 6.92 Å². The second kappa shape index (κ2) is 5.60. The molecule has 5 aromatic rings. The van der Waals surface area contributed by atoms with Gasteiger partial charge in [0, 0.05) is 30.3 Å². The van der Waals surface area contributed by atoms with E-state index in [9.17, 15) is 4.79 Å². The van der Waals surface area contributed by atoms with Crippen LogP contribution in [0.25, 0.3) is 39.0 Å². The lowest BCUT2D eigenvalue weighted by Gasteiger charge is -2.11. The summed E-state index contributed by atoms with van der Waals surface area (Å²) in [6.07, 6.45) is 1.86. The predicted molar refractivity (Wildman–Crippen MR) is 102 cm³/mol. The molecule has 4 aromatic heterocycles. The summed E-state index contributed by atoms with van der Waals surface area (Å²) in [5, 5.41) is 13.6. The summed E-state index contributed by atoms with van der Waals surface area (Å²) in [5.41, 5.74) is 4.85. The summed E-state index contributed by atoms with van der Waals surface area (Å²) in [5.74, 6) is 0.645. The smallest absolute Gasteiger partial charge is 0.249 e. The number of rotatable bonds is 2. The van der Waals surface area contributed by atoms with E-state index >= 15 is 0 Å². The molecule has 132 valence electrons. The quantitative estimate of drug-likeness (QED) is 0.523. The fourth-order valence-corrected chi connectivity index (χ4v) is 3.19. The lowest BCUT2D eigenvalue weighted by Crippen LogP contribution is -2.07. The molecule has 0 saturated carbocycles. The van der Waals surface area contributed by atoms with Crippen molar-refractivity contribution in [3.63, 3.8) is 0 Å². The number of pyridine rings is 2. The second-order valence-electron chi connectivity index (χ2n) is 6.44. The highest BCUT2D eigenvalue weighted by molar-refractivity contribution is 5.88. The third-order valence-electron chi connectivity index (χ3n) is 4.55. The molecule has 0 aliphatic heterocycles. The van der Waals surface area contributed by atoms with E-state index in [2.05, 4.69) is 20.4 Å². The lowest BCUT2D eigenvalue weighted by molar-refractivity contribution is 0.736. The zero-order chi connectivity index (χ0) is 18.5. The van der Waals surface area contributed by atoms with Gasteiger partial charge < -0.3 is 4.98 Å². The van der Waals surface area contributed by atoms with Gasteiger partial charge >= 0.3 is 0 Å². The first-order valence-electron chi connectivity index (χ1n) is 8.45. The monoisotopic (exact) mass is 357 g/mol. The summed E-state index contributed by atoms with van der Waals surface area (Å²) in [6, 6.07) is 13.2. The molecule has 0 fully saturated rings. The Morgan fingerprint density at radius 2 is 1.96 bits per heavy atom. The van der Waals surface area contributed by atoms with Crippen molar-refractivity contribution < 1.29 is 0 Å². The van der Waals surface area contributed by atoms with E-state index in [4.69, 9.17) is 4.98 Å². The van der Waals surface area contributed by atoms with Crippen LogP contribution in [0.3, 0.4) is 0 Å². The molecule has 0 spiro atoms. The molecule has 0 atom stereocenters. The maximum Gasteiger partial charge on any atom is 0.249 e. The number of hydrogen-bond acceptors (Lipinski definition) is 5. The van der Waals surface area contributed by atoms with Crippen LogP contribution in [0.5, 0.6) is 0 Å². The van der Waals surface area contributed by atoms with Crippen molar-refractivity contribution in [3.8, 4) is 16.9 Å². The molecule has 0 amide bonds. The molecule has 0 radical (unpaired) electrons. The summed E-state index contributed by atoms with van der Waals surface area (Å²) in [6.45, 7) is 1.92.